The Bertz CT molecular complexity index is 112. The predicted molar refractivity (Wildman–Crippen MR) is 48.1 cm³/mol. The molecule has 0 N–H and O–H groups in total. The second-order valence-corrected chi connectivity index (χ2v) is 3.09. The number of allylic oxidation sites excluding steroid dienone is 1. The molecule has 0 amide bonds. The van der Waals surface area contributed by atoms with E-state index in [1.54, 1.807) is 0 Å². The van der Waals surface area contributed by atoms with Gasteiger partial charge >= 0.3 is 70.2 Å². The van der Waals surface area contributed by atoms with Crippen LogP contribution in [-0.2, 0) is 4.70 Å². The molecule has 0 aliphatic carbocycles. The topological polar surface area (TPSA) is 17.1 Å². The van der Waals surface area contributed by atoms with Crippen LogP contribution in [0, 0.1) is 0 Å². The molecule has 0 rings (SSSR count). The summed E-state index contributed by atoms with van der Waals surface area (Å²) in [6.45, 7) is 2.14. The van der Waals surface area contributed by atoms with Crippen LogP contribution in [0.5, 0.6) is 0 Å². The van der Waals surface area contributed by atoms with Gasteiger partial charge in [0.2, 0.25) is 0 Å². The van der Waals surface area contributed by atoms with Gasteiger partial charge in [-0.05, 0) is 0 Å². The van der Waals surface area contributed by atoms with Gasteiger partial charge in [0, 0.05) is 0 Å². The molecule has 3 heteroatoms. The van der Waals surface area contributed by atoms with E-state index in [1.165, 1.54) is 12.8 Å². The molecule has 0 radical (unpaired) electrons. The molecule has 0 aromatic carbocycles. The third-order valence-corrected chi connectivity index (χ3v) is 1.70. The van der Waals surface area contributed by atoms with Crippen LogP contribution < -0.4 is 0 Å². The average molecular weight is 236 g/mol. The zero-order valence-corrected chi connectivity index (χ0v) is 7.72. The third-order valence-electron chi connectivity index (χ3n) is 1.01. The first-order chi connectivity index (χ1) is 4.31. The van der Waals surface area contributed by atoms with Gasteiger partial charge in [0.15, 0.2) is 0 Å². The van der Waals surface area contributed by atoms with Crippen molar-refractivity contribution in [2.75, 3.05) is 0 Å². The number of hydrogen-bond donors (Lipinski definition) is 0. The normalized spacial score (nSPS) is 11.1. The van der Waals surface area contributed by atoms with Crippen LogP contribution in [0.25, 0.3) is 0 Å². The molecule has 0 aromatic heterocycles. The first kappa shape index (κ1) is 9.33. The molecule has 0 saturated heterocycles. The number of rotatable bonds is 4. The fraction of sp³-hybridized carbons (Fsp3) is 0.667. The Kier molecular flexibility index (Phi) is 6.70. The van der Waals surface area contributed by atoms with E-state index in [0.29, 0.717) is 0 Å². The van der Waals surface area contributed by atoms with Crippen molar-refractivity contribution in [2.45, 2.75) is 26.2 Å². The Morgan fingerprint density at radius 2 is 2.44 bits per heavy atom. The standard InChI is InChI=1S/C6H10BIO/c1-2-3-4-5-6(8)7-9/h5H,2-4H2,1H3. The first-order valence-electron chi connectivity index (χ1n) is 3.12. The van der Waals surface area contributed by atoms with Gasteiger partial charge in [-0.2, -0.15) is 0 Å². The summed E-state index contributed by atoms with van der Waals surface area (Å²) in [5, 5.41) is 0. The molecule has 1 nitrogen and oxygen atoms in total. The van der Waals surface area contributed by atoms with Gasteiger partial charge < -0.3 is 0 Å². The van der Waals surface area contributed by atoms with E-state index in [4.69, 9.17) is 0 Å². The van der Waals surface area contributed by atoms with Crippen molar-refractivity contribution in [3.8, 4) is 0 Å². The van der Waals surface area contributed by atoms with Crippen molar-refractivity contribution >= 4 is 29.7 Å². The molecular formula is C6H10BIO. The Labute approximate surface area is 70.3 Å². The molecule has 9 heavy (non-hydrogen) atoms. The maximum atomic E-state index is 10.0. The Balaban J connectivity index is 3.31. The van der Waals surface area contributed by atoms with E-state index < -0.39 is 0 Å². The van der Waals surface area contributed by atoms with Gasteiger partial charge in [0.05, 0.1) is 0 Å². The molecule has 0 aliphatic heterocycles. The molecule has 0 saturated carbocycles. The molecule has 0 aromatic rings. The van der Waals surface area contributed by atoms with Gasteiger partial charge in [-0.25, -0.2) is 0 Å². The summed E-state index contributed by atoms with van der Waals surface area (Å²) in [6.07, 6.45) is 5.38. The van der Waals surface area contributed by atoms with Crippen LogP contribution in [0.1, 0.15) is 26.2 Å². The molecule has 50 valence electrons. The number of halogens is 1. The quantitative estimate of drug-likeness (QED) is 0.416. The van der Waals surface area contributed by atoms with E-state index in [2.05, 4.69) is 6.92 Å². The van der Waals surface area contributed by atoms with Crippen molar-refractivity contribution < 1.29 is 4.70 Å². The second-order valence-electron chi connectivity index (χ2n) is 1.85. The first-order valence-corrected chi connectivity index (χ1v) is 4.20. The van der Waals surface area contributed by atoms with E-state index in [9.17, 15) is 4.70 Å². The van der Waals surface area contributed by atoms with Crippen LogP contribution in [0.4, 0.5) is 0 Å². The van der Waals surface area contributed by atoms with Crippen molar-refractivity contribution in [3.63, 3.8) is 0 Å². The second kappa shape index (κ2) is 6.45. The third kappa shape index (κ3) is 6.22. The zero-order valence-electron chi connectivity index (χ0n) is 5.56. The fourth-order valence-electron chi connectivity index (χ4n) is 0.492. The van der Waals surface area contributed by atoms with Crippen LogP contribution in [0.3, 0.4) is 0 Å². The van der Waals surface area contributed by atoms with Gasteiger partial charge in [-0.1, -0.05) is 0 Å². The van der Waals surface area contributed by atoms with E-state index in [-0.39, 0.29) is 0 Å². The Morgan fingerprint density at radius 1 is 1.78 bits per heavy atom. The Morgan fingerprint density at radius 3 is 2.89 bits per heavy atom. The van der Waals surface area contributed by atoms with Crippen LogP contribution in [0.2, 0.25) is 0 Å². The summed E-state index contributed by atoms with van der Waals surface area (Å²) in [5.74, 6) is 0. The summed E-state index contributed by atoms with van der Waals surface area (Å²) in [4.78, 5) is 0. The van der Waals surface area contributed by atoms with Crippen LogP contribution in [0.15, 0.2) is 9.56 Å². The summed E-state index contributed by atoms with van der Waals surface area (Å²) in [5.41, 5.74) is 0. The SMILES string of the molecule is CCCCC=C(I)B=O. The molecule has 0 heterocycles. The Hall–Kier alpha value is 0.335. The van der Waals surface area contributed by atoms with Gasteiger partial charge in [0.1, 0.15) is 0 Å². The van der Waals surface area contributed by atoms with Gasteiger partial charge in [-0.15, -0.1) is 0 Å². The van der Waals surface area contributed by atoms with Crippen molar-refractivity contribution in [3.05, 3.63) is 9.56 Å². The zero-order chi connectivity index (χ0) is 7.11. The molecule has 0 atom stereocenters. The molecule has 0 spiro atoms. The molecule has 0 aliphatic rings. The number of unbranched alkanes of at least 4 members (excludes halogenated alkanes) is 2. The number of hydrogen-bond acceptors (Lipinski definition) is 1. The minimum atomic E-state index is 0.820. The van der Waals surface area contributed by atoms with Crippen LogP contribution in [-0.4, -0.2) is 7.15 Å². The molecular weight excluding hydrogens is 226 g/mol. The molecule has 0 bridgehead atoms. The van der Waals surface area contributed by atoms with Crippen molar-refractivity contribution in [1.29, 1.82) is 0 Å². The summed E-state index contributed by atoms with van der Waals surface area (Å²) in [6, 6.07) is 0. The van der Waals surface area contributed by atoms with Crippen molar-refractivity contribution in [1.82, 2.24) is 0 Å². The van der Waals surface area contributed by atoms with Crippen molar-refractivity contribution in [2.24, 2.45) is 0 Å². The predicted octanol–water partition coefficient (Wildman–Crippen LogP) is 2.50. The van der Waals surface area contributed by atoms with E-state index in [1.807, 2.05) is 28.7 Å². The monoisotopic (exact) mass is 236 g/mol. The summed E-state index contributed by atoms with van der Waals surface area (Å²) < 4.78 is 10.8. The van der Waals surface area contributed by atoms with E-state index >= 15 is 0 Å². The van der Waals surface area contributed by atoms with Gasteiger partial charge in [0.25, 0.3) is 0 Å². The summed E-state index contributed by atoms with van der Waals surface area (Å²) in [7, 11) is 0.885. The van der Waals surface area contributed by atoms with Gasteiger partial charge in [-0.3, -0.25) is 0 Å². The molecule has 0 fully saturated rings. The van der Waals surface area contributed by atoms with Crippen LogP contribution >= 0.6 is 22.6 Å². The summed E-state index contributed by atoms with van der Waals surface area (Å²) >= 11 is 2.04. The van der Waals surface area contributed by atoms with E-state index in [0.717, 1.165) is 17.0 Å². The average Bonchev–Trinajstić information content (AvgIpc) is 1.89. The molecule has 0 unspecified atom stereocenters. The minimum absolute atomic E-state index is 0.820. The maximum absolute atomic E-state index is 10.0. The fourth-order valence-corrected chi connectivity index (χ4v) is 0.804.